The minimum atomic E-state index is -0.0415. The molecule has 0 radical (unpaired) electrons. The van der Waals surface area contributed by atoms with Crippen molar-refractivity contribution in [3.05, 3.63) is 23.3 Å². The molecule has 2 aliphatic heterocycles. The highest BCUT2D eigenvalue weighted by atomic mass is 16.3. The fraction of sp³-hybridized carbons (Fsp3) is 0.588. The second-order valence-corrected chi connectivity index (χ2v) is 6.37. The number of piperidine rings is 1. The predicted octanol–water partition coefficient (Wildman–Crippen LogP) is 2.63. The zero-order valence-electron chi connectivity index (χ0n) is 12.5. The van der Waals surface area contributed by atoms with Gasteiger partial charge in [0.1, 0.15) is 6.29 Å². The molecule has 1 fully saturated rings. The molecule has 3 rings (SSSR count). The number of carbonyl (C=O) groups excluding carboxylic acids is 1. The van der Waals surface area contributed by atoms with Crippen molar-refractivity contribution in [1.82, 2.24) is 4.90 Å². The van der Waals surface area contributed by atoms with E-state index in [1.165, 1.54) is 0 Å². The summed E-state index contributed by atoms with van der Waals surface area (Å²) >= 11 is 0. The lowest BCUT2D eigenvalue weighted by Gasteiger charge is -2.47. The molecule has 2 N–H and O–H groups in total. The summed E-state index contributed by atoms with van der Waals surface area (Å²) in [4.78, 5) is 13.4. The largest absolute Gasteiger partial charge is 0.504 e. The van der Waals surface area contributed by atoms with Crippen LogP contribution >= 0.6 is 0 Å². The molecule has 1 saturated heterocycles. The maximum absolute atomic E-state index is 11.0. The molecule has 0 bridgehead atoms. The Hall–Kier alpha value is -1.55. The molecule has 4 heteroatoms. The Morgan fingerprint density at radius 1 is 1.29 bits per heavy atom. The molecule has 114 valence electrons. The Kier molecular flexibility index (Phi) is 3.89. The molecular formula is C17H23NO3. The summed E-state index contributed by atoms with van der Waals surface area (Å²) in [6, 6.07) is 3.68. The topological polar surface area (TPSA) is 60.8 Å². The van der Waals surface area contributed by atoms with Crippen LogP contribution in [0, 0.1) is 11.8 Å². The first kappa shape index (κ1) is 14.4. The van der Waals surface area contributed by atoms with Gasteiger partial charge in [-0.25, -0.2) is 0 Å². The molecule has 0 spiro atoms. The minimum Gasteiger partial charge on any atom is -0.504 e. The first-order valence-electron chi connectivity index (χ1n) is 7.86. The average molecular weight is 289 g/mol. The van der Waals surface area contributed by atoms with Gasteiger partial charge in [0, 0.05) is 25.6 Å². The van der Waals surface area contributed by atoms with Crippen LogP contribution in [-0.2, 0) is 11.2 Å². The van der Waals surface area contributed by atoms with Crippen molar-refractivity contribution >= 4 is 6.29 Å². The van der Waals surface area contributed by atoms with Crippen LogP contribution in [0.25, 0.3) is 0 Å². The maximum Gasteiger partial charge on any atom is 0.157 e. The highest BCUT2D eigenvalue weighted by molar-refractivity contribution is 5.50. The van der Waals surface area contributed by atoms with Crippen molar-refractivity contribution in [3.63, 3.8) is 0 Å². The van der Waals surface area contributed by atoms with E-state index in [1.807, 2.05) is 0 Å². The molecule has 0 saturated carbocycles. The molecule has 0 aliphatic carbocycles. The number of hydrogen-bond acceptors (Lipinski definition) is 4. The van der Waals surface area contributed by atoms with Crippen molar-refractivity contribution in [2.45, 2.75) is 38.6 Å². The molecule has 2 aliphatic rings. The summed E-state index contributed by atoms with van der Waals surface area (Å²) in [6.45, 7) is 4.22. The number of nitrogens with zero attached hydrogens (tertiary/aromatic N) is 1. The van der Waals surface area contributed by atoms with Gasteiger partial charge in [0.05, 0.1) is 0 Å². The van der Waals surface area contributed by atoms with Crippen molar-refractivity contribution in [2.24, 2.45) is 11.8 Å². The fourth-order valence-corrected chi connectivity index (χ4v) is 4.08. The van der Waals surface area contributed by atoms with Crippen LogP contribution in [0.5, 0.6) is 11.5 Å². The van der Waals surface area contributed by atoms with Gasteiger partial charge in [0.25, 0.3) is 0 Å². The van der Waals surface area contributed by atoms with E-state index < -0.39 is 0 Å². The van der Waals surface area contributed by atoms with Crippen molar-refractivity contribution in [3.8, 4) is 11.5 Å². The smallest absolute Gasteiger partial charge is 0.157 e. The van der Waals surface area contributed by atoms with E-state index in [0.717, 1.165) is 49.8 Å². The summed E-state index contributed by atoms with van der Waals surface area (Å²) in [5, 5.41) is 19.5. The minimum absolute atomic E-state index is 0.0334. The van der Waals surface area contributed by atoms with Crippen LogP contribution in [0.2, 0.25) is 0 Å². The summed E-state index contributed by atoms with van der Waals surface area (Å²) in [5.74, 6) is 0.934. The van der Waals surface area contributed by atoms with Crippen LogP contribution < -0.4 is 0 Å². The van der Waals surface area contributed by atoms with Gasteiger partial charge in [0.15, 0.2) is 11.5 Å². The van der Waals surface area contributed by atoms with Crippen LogP contribution in [0.4, 0.5) is 0 Å². The molecule has 1 aromatic rings. The molecule has 0 aromatic heterocycles. The zero-order chi connectivity index (χ0) is 15.0. The lowest BCUT2D eigenvalue weighted by Crippen LogP contribution is -2.45. The lowest BCUT2D eigenvalue weighted by atomic mass is 9.75. The van der Waals surface area contributed by atoms with Gasteiger partial charge in [-0.2, -0.15) is 0 Å². The maximum atomic E-state index is 11.0. The molecule has 1 aromatic carbocycles. The van der Waals surface area contributed by atoms with E-state index in [2.05, 4.69) is 11.8 Å². The number of aldehydes is 1. The second-order valence-electron chi connectivity index (χ2n) is 6.37. The van der Waals surface area contributed by atoms with Crippen LogP contribution in [-0.4, -0.2) is 34.5 Å². The molecule has 4 nitrogen and oxygen atoms in total. The third kappa shape index (κ3) is 2.53. The number of rotatable bonds is 3. The van der Waals surface area contributed by atoms with E-state index in [0.29, 0.717) is 18.3 Å². The van der Waals surface area contributed by atoms with Gasteiger partial charge in [0.2, 0.25) is 0 Å². The normalized spacial score (nSPS) is 28.7. The second kappa shape index (κ2) is 5.68. The Morgan fingerprint density at radius 2 is 2.05 bits per heavy atom. The predicted molar refractivity (Wildman–Crippen MR) is 80.4 cm³/mol. The highest BCUT2D eigenvalue weighted by Gasteiger charge is 2.38. The Morgan fingerprint density at radius 3 is 2.76 bits per heavy atom. The van der Waals surface area contributed by atoms with Crippen molar-refractivity contribution in [1.29, 1.82) is 0 Å². The Labute approximate surface area is 125 Å². The number of phenolic OH excluding ortho intramolecular Hbond substituents is 2. The molecule has 2 heterocycles. The number of carbonyl (C=O) groups is 1. The number of hydrogen-bond donors (Lipinski definition) is 2. The average Bonchev–Trinajstić information content (AvgIpc) is 2.48. The van der Waals surface area contributed by atoms with Gasteiger partial charge >= 0.3 is 0 Å². The van der Waals surface area contributed by atoms with Gasteiger partial charge in [-0.3, -0.25) is 4.90 Å². The molecule has 21 heavy (non-hydrogen) atoms. The fourth-order valence-electron chi connectivity index (χ4n) is 4.08. The van der Waals surface area contributed by atoms with E-state index in [9.17, 15) is 15.0 Å². The SMILES string of the molecule is CC[C@H]1CN2CCc3cc(O)c(O)cc3[C@@H]2C[C@@H]1CC=O. The molecule has 0 unspecified atom stereocenters. The Bertz CT molecular complexity index is 543. The van der Waals surface area contributed by atoms with Crippen LogP contribution in [0.15, 0.2) is 12.1 Å². The lowest BCUT2D eigenvalue weighted by molar-refractivity contribution is -0.109. The summed E-state index contributed by atoms with van der Waals surface area (Å²) in [5.41, 5.74) is 2.26. The number of phenols is 2. The van der Waals surface area contributed by atoms with E-state index >= 15 is 0 Å². The quantitative estimate of drug-likeness (QED) is 0.663. The molecule has 0 amide bonds. The zero-order valence-corrected chi connectivity index (χ0v) is 12.5. The van der Waals surface area contributed by atoms with Crippen LogP contribution in [0.3, 0.4) is 0 Å². The first-order valence-corrected chi connectivity index (χ1v) is 7.86. The third-order valence-corrected chi connectivity index (χ3v) is 5.29. The van der Waals surface area contributed by atoms with Gasteiger partial charge in [-0.1, -0.05) is 13.3 Å². The third-order valence-electron chi connectivity index (χ3n) is 5.29. The van der Waals surface area contributed by atoms with Gasteiger partial charge in [-0.15, -0.1) is 0 Å². The molecular weight excluding hydrogens is 266 g/mol. The van der Waals surface area contributed by atoms with Crippen molar-refractivity contribution < 1.29 is 15.0 Å². The molecule has 3 atom stereocenters. The Balaban J connectivity index is 1.92. The standard InChI is InChI=1S/C17H23NO3/c1-2-11-10-18-5-3-13-8-16(20)17(21)9-14(13)15(18)7-12(11)4-6-19/h6,8-9,11-12,15,20-21H,2-5,7,10H2,1H3/t11-,12-,15-/m0/s1. The number of aromatic hydroxyl groups is 2. The number of fused-ring (bicyclic) bond motifs is 3. The van der Waals surface area contributed by atoms with Gasteiger partial charge < -0.3 is 15.0 Å². The van der Waals surface area contributed by atoms with Crippen LogP contribution in [0.1, 0.15) is 43.4 Å². The summed E-state index contributed by atoms with van der Waals surface area (Å²) in [6.07, 6.45) is 4.65. The highest BCUT2D eigenvalue weighted by Crippen LogP contribution is 2.45. The van der Waals surface area contributed by atoms with Crippen molar-refractivity contribution in [2.75, 3.05) is 13.1 Å². The van der Waals surface area contributed by atoms with E-state index in [1.54, 1.807) is 12.1 Å². The van der Waals surface area contributed by atoms with E-state index in [4.69, 9.17) is 0 Å². The monoisotopic (exact) mass is 289 g/mol. The summed E-state index contributed by atoms with van der Waals surface area (Å²) in [7, 11) is 0. The van der Waals surface area contributed by atoms with E-state index in [-0.39, 0.29) is 17.5 Å². The summed E-state index contributed by atoms with van der Waals surface area (Å²) < 4.78 is 0. The number of benzene rings is 1. The van der Waals surface area contributed by atoms with Gasteiger partial charge in [-0.05, 0) is 47.9 Å². The first-order chi connectivity index (χ1) is 10.1.